The maximum Gasteiger partial charge on any atom is 0.240 e. The standard InChI is InChI=1S/C13H11FN2O3S2/c14-12-2-1-11(5-10(12)6-15)21(18,19)16-7-13(17)9-3-4-20-8-9/h1-5,8,13,16-17H,7H2. The van der Waals surface area contributed by atoms with Gasteiger partial charge in [-0.05, 0) is 40.6 Å². The highest BCUT2D eigenvalue weighted by Crippen LogP contribution is 2.17. The van der Waals surface area contributed by atoms with E-state index >= 15 is 0 Å². The van der Waals surface area contributed by atoms with Gasteiger partial charge >= 0.3 is 0 Å². The van der Waals surface area contributed by atoms with Crippen LogP contribution in [0.5, 0.6) is 0 Å². The van der Waals surface area contributed by atoms with Crippen molar-refractivity contribution in [3.8, 4) is 6.07 Å². The van der Waals surface area contributed by atoms with Crippen LogP contribution >= 0.6 is 11.3 Å². The maximum atomic E-state index is 13.2. The highest BCUT2D eigenvalue weighted by atomic mass is 32.2. The lowest BCUT2D eigenvalue weighted by atomic mass is 10.2. The first-order chi connectivity index (χ1) is 9.94. The van der Waals surface area contributed by atoms with E-state index in [0.29, 0.717) is 5.56 Å². The zero-order valence-corrected chi connectivity index (χ0v) is 12.3. The number of aliphatic hydroxyl groups is 1. The normalized spacial score (nSPS) is 12.8. The fraction of sp³-hybridized carbons (Fsp3) is 0.154. The molecule has 2 N–H and O–H groups in total. The van der Waals surface area contributed by atoms with E-state index in [1.54, 1.807) is 22.9 Å². The molecule has 5 nitrogen and oxygen atoms in total. The molecule has 0 aliphatic heterocycles. The SMILES string of the molecule is N#Cc1cc(S(=O)(=O)NCC(O)c2ccsc2)ccc1F. The quantitative estimate of drug-likeness (QED) is 0.876. The topological polar surface area (TPSA) is 90.2 Å². The highest BCUT2D eigenvalue weighted by molar-refractivity contribution is 7.89. The van der Waals surface area contributed by atoms with Gasteiger partial charge in [0, 0.05) is 6.54 Å². The maximum absolute atomic E-state index is 13.2. The number of nitriles is 1. The van der Waals surface area contributed by atoms with Crippen LogP contribution in [0.3, 0.4) is 0 Å². The number of rotatable bonds is 5. The first kappa shape index (κ1) is 15.6. The minimum absolute atomic E-state index is 0.210. The molecule has 21 heavy (non-hydrogen) atoms. The Hall–Kier alpha value is -1.79. The predicted molar refractivity (Wildman–Crippen MR) is 75.6 cm³/mol. The van der Waals surface area contributed by atoms with Crippen LogP contribution in [0, 0.1) is 17.1 Å². The zero-order valence-electron chi connectivity index (χ0n) is 10.7. The Morgan fingerprint density at radius 3 is 2.81 bits per heavy atom. The molecule has 8 heteroatoms. The van der Waals surface area contributed by atoms with Crippen molar-refractivity contribution < 1.29 is 17.9 Å². The summed E-state index contributed by atoms with van der Waals surface area (Å²) in [5.74, 6) is -0.783. The molecule has 1 aromatic heterocycles. The smallest absolute Gasteiger partial charge is 0.240 e. The molecule has 2 rings (SSSR count). The zero-order chi connectivity index (χ0) is 15.5. The van der Waals surface area contributed by atoms with Gasteiger partial charge in [0.25, 0.3) is 0 Å². The van der Waals surface area contributed by atoms with Gasteiger partial charge in [0.05, 0.1) is 16.6 Å². The van der Waals surface area contributed by atoms with Crippen molar-refractivity contribution in [2.45, 2.75) is 11.0 Å². The Balaban J connectivity index is 2.14. The van der Waals surface area contributed by atoms with E-state index in [1.807, 2.05) is 0 Å². The van der Waals surface area contributed by atoms with Gasteiger partial charge in [-0.2, -0.15) is 16.6 Å². The minimum Gasteiger partial charge on any atom is -0.387 e. The molecule has 0 amide bonds. The summed E-state index contributed by atoms with van der Waals surface area (Å²) in [5, 5.41) is 22.0. The number of hydrogen-bond donors (Lipinski definition) is 2. The van der Waals surface area contributed by atoms with Gasteiger partial charge in [0.15, 0.2) is 0 Å². The third-order valence-electron chi connectivity index (χ3n) is 2.76. The van der Waals surface area contributed by atoms with Crippen LogP contribution in [0.15, 0.2) is 39.9 Å². The Morgan fingerprint density at radius 1 is 1.43 bits per heavy atom. The number of hydrogen-bond acceptors (Lipinski definition) is 5. The lowest BCUT2D eigenvalue weighted by Crippen LogP contribution is -2.28. The second kappa shape index (κ2) is 6.32. The predicted octanol–water partition coefficient (Wildman–Crippen LogP) is 1.77. The summed E-state index contributed by atoms with van der Waals surface area (Å²) < 4.78 is 39.5. The highest BCUT2D eigenvalue weighted by Gasteiger charge is 2.18. The lowest BCUT2D eigenvalue weighted by molar-refractivity contribution is 0.182. The molecule has 0 saturated heterocycles. The van der Waals surface area contributed by atoms with Crippen LogP contribution in [0.4, 0.5) is 4.39 Å². The molecule has 1 heterocycles. The monoisotopic (exact) mass is 326 g/mol. The summed E-state index contributed by atoms with van der Waals surface area (Å²) in [4.78, 5) is -0.224. The number of nitrogens with one attached hydrogen (secondary N) is 1. The molecule has 0 aliphatic rings. The summed E-state index contributed by atoms with van der Waals surface area (Å²) >= 11 is 1.39. The molecule has 0 bridgehead atoms. The molecule has 1 atom stereocenters. The lowest BCUT2D eigenvalue weighted by Gasteiger charge is -2.11. The van der Waals surface area contributed by atoms with Crippen molar-refractivity contribution >= 4 is 21.4 Å². The van der Waals surface area contributed by atoms with E-state index in [-0.39, 0.29) is 17.0 Å². The summed E-state index contributed by atoms with van der Waals surface area (Å²) in [5.41, 5.74) is 0.260. The molecular formula is C13H11FN2O3S2. The van der Waals surface area contributed by atoms with Gasteiger partial charge in [-0.25, -0.2) is 17.5 Å². The third kappa shape index (κ3) is 3.65. The Labute approximate surface area is 125 Å². The second-order valence-corrected chi connectivity index (χ2v) is 6.72. The summed E-state index contributed by atoms with van der Waals surface area (Å²) in [6, 6.07) is 6.21. The van der Waals surface area contributed by atoms with Crippen molar-refractivity contribution in [2.75, 3.05) is 6.54 Å². The fourth-order valence-corrected chi connectivity index (χ4v) is 3.38. The number of benzene rings is 1. The number of aliphatic hydroxyl groups excluding tert-OH is 1. The minimum atomic E-state index is -3.92. The van der Waals surface area contributed by atoms with Crippen molar-refractivity contribution in [3.63, 3.8) is 0 Å². The third-order valence-corrected chi connectivity index (χ3v) is 4.89. The first-order valence-corrected chi connectivity index (χ1v) is 8.26. The summed E-state index contributed by atoms with van der Waals surface area (Å²) in [6.45, 7) is -0.210. The molecule has 110 valence electrons. The van der Waals surface area contributed by atoms with E-state index in [9.17, 15) is 17.9 Å². The van der Waals surface area contributed by atoms with Crippen LogP contribution in [0.25, 0.3) is 0 Å². The Bertz CT molecular complexity index is 767. The van der Waals surface area contributed by atoms with Gasteiger partial charge in [-0.3, -0.25) is 0 Å². The first-order valence-electron chi connectivity index (χ1n) is 5.83. The van der Waals surface area contributed by atoms with Gasteiger partial charge in [0.1, 0.15) is 11.9 Å². The van der Waals surface area contributed by atoms with Crippen LogP contribution in [-0.2, 0) is 10.0 Å². The number of sulfonamides is 1. The molecule has 0 aliphatic carbocycles. The van der Waals surface area contributed by atoms with Gasteiger partial charge in [0.2, 0.25) is 10.0 Å². The van der Waals surface area contributed by atoms with Crippen LogP contribution < -0.4 is 4.72 Å². The summed E-state index contributed by atoms with van der Waals surface area (Å²) in [7, 11) is -3.92. The molecule has 0 saturated carbocycles. The Kier molecular flexibility index (Phi) is 4.69. The van der Waals surface area contributed by atoms with Crippen molar-refractivity contribution in [1.82, 2.24) is 4.72 Å². The van der Waals surface area contributed by atoms with E-state index in [4.69, 9.17) is 5.26 Å². The van der Waals surface area contributed by atoms with Crippen molar-refractivity contribution in [1.29, 1.82) is 5.26 Å². The average molecular weight is 326 g/mol. The second-order valence-electron chi connectivity index (χ2n) is 4.18. The average Bonchev–Trinajstić information content (AvgIpc) is 2.99. The van der Waals surface area contributed by atoms with Crippen molar-refractivity contribution in [2.24, 2.45) is 0 Å². The molecule has 2 aromatic rings. The van der Waals surface area contributed by atoms with Gasteiger partial charge < -0.3 is 5.11 Å². The van der Waals surface area contributed by atoms with Crippen LogP contribution in [0.2, 0.25) is 0 Å². The molecular weight excluding hydrogens is 315 g/mol. The molecule has 0 radical (unpaired) electrons. The van der Waals surface area contributed by atoms with Crippen LogP contribution in [-0.4, -0.2) is 20.1 Å². The number of nitrogens with zero attached hydrogens (tertiary/aromatic N) is 1. The molecule has 1 unspecified atom stereocenters. The number of halogens is 1. The molecule has 0 fully saturated rings. The molecule has 1 aromatic carbocycles. The molecule has 0 spiro atoms. The van der Waals surface area contributed by atoms with Gasteiger partial charge in [-0.15, -0.1) is 0 Å². The Morgan fingerprint density at radius 2 is 2.19 bits per heavy atom. The van der Waals surface area contributed by atoms with E-state index in [2.05, 4.69) is 4.72 Å². The van der Waals surface area contributed by atoms with E-state index < -0.39 is 21.9 Å². The largest absolute Gasteiger partial charge is 0.387 e. The van der Waals surface area contributed by atoms with E-state index in [0.717, 1.165) is 18.2 Å². The number of thiophene rings is 1. The van der Waals surface area contributed by atoms with Gasteiger partial charge in [-0.1, -0.05) is 0 Å². The fourth-order valence-electron chi connectivity index (χ4n) is 1.61. The van der Waals surface area contributed by atoms with Crippen LogP contribution in [0.1, 0.15) is 17.2 Å². The van der Waals surface area contributed by atoms with Crippen molar-refractivity contribution in [3.05, 3.63) is 52.0 Å². The summed E-state index contributed by atoms with van der Waals surface area (Å²) in [6.07, 6.45) is -0.970. The van der Waals surface area contributed by atoms with E-state index in [1.165, 1.54) is 11.3 Å².